The predicted molar refractivity (Wildman–Crippen MR) is 60.6 cm³/mol. The maximum Gasteiger partial charge on any atom is 0.264 e. The van der Waals surface area contributed by atoms with Gasteiger partial charge in [-0.3, -0.25) is 4.18 Å². The van der Waals surface area contributed by atoms with Gasteiger partial charge in [-0.25, -0.2) is 0 Å². The molecule has 94 valence electrons. The molecule has 1 saturated carbocycles. The first-order valence-electron chi connectivity index (χ1n) is 5.56. The minimum Gasteiger partial charge on any atom is -0.311 e. The van der Waals surface area contributed by atoms with Crippen molar-refractivity contribution in [2.45, 2.75) is 31.7 Å². The lowest BCUT2D eigenvalue weighted by Gasteiger charge is -2.28. The molecule has 2 unspecified atom stereocenters. The second-order valence-corrected chi connectivity index (χ2v) is 5.82. The lowest BCUT2D eigenvalue weighted by Crippen LogP contribution is -2.40. The Morgan fingerprint density at radius 2 is 2.06 bits per heavy atom. The van der Waals surface area contributed by atoms with E-state index in [1.54, 1.807) is 0 Å². The SMILES string of the molecule is CS(=O)(=O)OCCNC1CCCCC1C=O. The van der Waals surface area contributed by atoms with Crippen LogP contribution in [0.1, 0.15) is 25.7 Å². The number of hydrogen-bond donors (Lipinski definition) is 1. The van der Waals surface area contributed by atoms with Gasteiger partial charge in [-0.2, -0.15) is 8.42 Å². The van der Waals surface area contributed by atoms with Crippen LogP contribution in [0.4, 0.5) is 0 Å². The van der Waals surface area contributed by atoms with Crippen molar-refractivity contribution in [1.82, 2.24) is 5.32 Å². The van der Waals surface area contributed by atoms with Gasteiger partial charge in [0.15, 0.2) is 0 Å². The number of nitrogens with one attached hydrogen (secondary N) is 1. The summed E-state index contributed by atoms with van der Waals surface area (Å²) in [6, 6.07) is 0.175. The smallest absolute Gasteiger partial charge is 0.264 e. The molecule has 0 bridgehead atoms. The van der Waals surface area contributed by atoms with Gasteiger partial charge in [0.1, 0.15) is 6.29 Å². The van der Waals surface area contributed by atoms with Gasteiger partial charge >= 0.3 is 0 Å². The molecule has 1 fully saturated rings. The second-order valence-electron chi connectivity index (χ2n) is 4.17. The first-order valence-corrected chi connectivity index (χ1v) is 7.37. The van der Waals surface area contributed by atoms with E-state index in [1.807, 2.05) is 0 Å². The monoisotopic (exact) mass is 249 g/mol. The summed E-state index contributed by atoms with van der Waals surface area (Å²) in [7, 11) is -3.36. The zero-order valence-electron chi connectivity index (χ0n) is 9.52. The molecule has 1 N–H and O–H groups in total. The van der Waals surface area contributed by atoms with E-state index in [0.717, 1.165) is 38.2 Å². The van der Waals surface area contributed by atoms with E-state index in [2.05, 4.69) is 9.50 Å². The van der Waals surface area contributed by atoms with Gasteiger partial charge in [0.25, 0.3) is 10.1 Å². The predicted octanol–water partition coefficient (Wildman–Crippen LogP) is 0.310. The Labute approximate surface area is 96.7 Å². The van der Waals surface area contributed by atoms with Gasteiger partial charge in [-0.1, -0.05) is 12.8 Å². The molecular formula is C10H19NO4S. The summed E-state index contributed by atoms with van der Waals surface area (Å²) in [5.74, 6) is 0.0620. The largest absolute Gasteiger partial charge is 0.311 e. The van der Waals surface area contributed by atoms with Crippen LogP contribution in [0.3, 0.4) is 0 Å². The third-order valence-electron chi connectivity index (χ3n) is 2.80. The lowest BCUT2D eigenvalue weighted by atomic mass is 9.85. The van der Waals surface area contributed by atoms with Gasteiger partial charge in [-0.05, 0) is 12.8 Å². The van der Waals surface area contributed by atoms with E-state index in [4.69, 9.17) is 0 Å². The Morgan fingerprint density at radius 1 is 1.38 bits per heavy atom. The van der Waals surface area contributed by atoms with Gasteiger partial charge < -0.3 is 10.1 Å². The Balaban J connectivity index is 2.23. The van der Waals surface area contributed by atoms with E-state index >= 15 is 0 Å². The van der Waals surface area contributed by atoms with Gasteiger partial charge in [-0.15, -0.1) is 0 Å². The Hall–Kier alpha value is -0.460. The van der Waals surface area contributed by atoms with Crippen LogP contribution in [-0.4, -0.2) is 40.2 Å². The average Bonchev–Trinajstić information content (AvgIpc) is 2.23. The fourth-order valence-electron chi connectivity index (χ4n) is 2.01. The summed E-state index contributed by atoms with van der Waals surface area (Å²) in [6.07, 6.45) is 6.14. The molecule has 16 heavy (non-hydrogen) atoms. The topological polar surface area (TPSA) is 72.5 Å². The van der Waals surface area contributed by atoms with Crippen LogP contribution in [-0.2, 0) is 19.1 Å². The molecular weight excluding hydrogens is 230 g/mol. The van der Waals surface area contributed by atoms with Crippen LogP contribution >= 0.6 is 0 Å². The van der Waals surface area contributed by atoms with Gasteiger partial charge in [0, 0.05) is 18.5 Å². The quantitative estimate of drug-likeness (QED) is 0.417. The van der Waals surface area contributed by atoms with Crippen LogP contribution < -0.4 is 5.32 Å². The Morgan fingerprint density at radius 3 is 2.69 bits per heavy atom. The summed E-state index contributed by atoms with van der Waals surface area (Å²) in [6.45, 7) is 0.586. The molecule has 0 aromatic rings. The van der Waals surface area contributed by atoms with Crippen LogP contribution in [0.2, 0.25) is 0 Å². The zero-order chi connectivity index (χ0) is 12.0. The molecule has 0 aliphatic heterocycles. The number of aldehydes is 1. The van der Waals surface area contributed by atoms with Gasteiger partial charge in [0.2, 0.25) is 0 Å². The highest BCUT2D eigenvalue weighted by Crippen LogP contribution is 2.22. The van der Waals surface area contributed by atoms with E-state index in [-0.39, 0.29) is 18.6 Å². The Bertz CT molecular complexity index is 315. The molecule has 1 aliphatic carbocycles. The minimum atomic E-state index is -3.36. The molecule has 0 spiro atoms. The van der Waals surface area contributed by atoms with Crippen molar-refractivity contribution in [3.63, 3.8) is 0 Å². The molecule has 6 heteroatoms. The standard InChI is InChI=1S/C10H19NO4S/c1-16(13,14)15-7-6-11-10-5-3-2-4-9(10)8-12/h8-11H,2-7H2,1H3. The summed E-state index contributed by atoms with van der Waals surface area (Å²) in [5, 5.41) is 3.17. The molecule has 0 aromatic heterocycles. The summed E-state index contributed by atoms with van der Waals surface area (Å²) in [4.78, 5) is 10.8. The number of rotatable bonds is 6. The van der Waals surface area contributed by atoms with Crippen LogP contribution in [0, 0.1) is 5.92 Å². The van der Waals surface area contributed by atoms with E-state index in [0.29, 0.717) is 6.54 Å². The highest BCUT2D eigenvalue weighted by molar-refractivity contribution is 7.85. The molecule has 0 radical (unpaired) electrons. The summed E-state index contributed by atoms with van der Waals surface area (Å²) < 4.78 is 26.0. The summed E-state index contributed by atoms with van der Waals surface area (Å²) in [5.41, 5.74) is 0. The summed E-state index contributed by atoms with van der Waals surface area (Å²) >= 11 is 0. The molecule has 1 rings (SSSR count). The highest BCUT2D eigenvalue weighted by Gasteiger charge is 2.23. The third-order valence-corrected chi connectivity index (χ3v) is 3.40. The fourth-order valence-corrected chi connectivity index (χ4v) is 2.40. The number of hydrogen-bond acceptors (Lipinski definition) is 5. The molecule has 0 heterocycles. The first-order chi connectivity index (χ1) is 7.53. The molecule has 0 aromatic carbocycles. The molecule has 0 saturated heterocycles. The molecule has 5 nitrogen and oxygen atoms in total. The molecule has 1 aliphatic rings. The first kappa shape index (κ1) is 13.6. The van der Waals surface area contributed by atoms with Crippen LogP contribution in [0.15, 0.2) is 0 Å². The normalized spacial score (nSPS) is 26.6. The zero-order valence-corrected chi connectivity index (χ0v) is 10.3. The van der Waals surface area contributed by atoms with Crippen molar-refractivity contribution in [3.8, 4) is 0 Å². The van der Waals surface area contributed by atoms with E-state index in [9.17, 15) is 13.2 Å². The average molecular weight is 249 g/mol. The van der Waals surface area contributed by atoms with E-state index < -0.39 is 10.1 Å². The number of carbonyl (C=O) groups excluding carboxylic acids is 1. The maximum atomic E-state index is 10.8. The fraction of sp³-hybridized carbons (Fsp3) is 0.900. The van der Waals surface area contributed by atoms with Crippen molar-refractivity contribution in [3.05, 3.63) is 0 Å². The van der Waals surface area contributed by atoms with Crippen molar-refractivity contribution in [1.29, 1.82) is 0 Å². The van der Waals surface area contributed by atoms with Crippen molar-refractivity contribution < 1.29 is 17.4 Å². The van der Waals surface area contributed by atoms with E-state index in [1.165, 1.54) is 0 Å². The number of carbonyl (C=O) groups is 1. The Kier molecular flexibility index (Phi) is 5.37. The van der Waals surface area contributed by atoms with Crippen LogP contribution in [0.5, 0.6) is 0 Å². The highest BCUT2D eigenvalue weighted by atomic mass is 32.2. The maximum absolute atomic E-state index is 10.8. The van der Waals surface area contributed by atoms with Crippen molar-refractivity contribution >= 4 is 16.4 Å². The lowest BCUT2D eigenvalue weighted by molar-refractivity contribution is -0.112. The van der Waals surface area contributed by atoms with Gasteiger partial charge in [0.05, 0.1) is 12.9 Å². The second kappa shape index (κ2) is 6.32. The molecule has 2 atom stereocenters. The third kappa shape index (κ3) is 5.05. The van der Waals surface area contributed by atoms with Crippen molar-refractivity contribution in [2.75, 3.05) is 19.4 Å². The van der Waals surface area contributed by atoms with Crippen molar-refractivity contribution in [2.24, 2.45) is 5.92 Å². The molecule has 0 amide bonds. The van der Waals surface area contributed by atoms with Crippen LogP contribution in [0.25, 0.3) is 0 Å². The minimum absolute atomic E-state index is 0.0620.